The zero-order valence-corrected chi connectivity index (χ0v) is 11.6. The zero-order valence-electron chi connectivity index (χ0n) is 10.1. The summed E-state index contributed by atoms with van der Waals surface area (Å²) in [7, 11) is 0. The Hall–Kier alpha value is -0.410. The fourth-order valence-electron chi connectivity index (χ4n) is 1.64. The molecule has 0 saturated carbocycles. The van der Waals surface area contributed by atoms with Gasteiger partial charge in [0.1, 0.15) is 5.82 Å². The average molecular weight is 288 g/mol. The van der Waals surface area contributed by atoms with Gasteiger partial charge in [0.05, 0.1) is 0 Å². The maximum Gasteiger partial charge on any atom is 0.124 e. The third-order valence-corrected chi connectivity index (χ3v) is 2.84. The van der Waals surface area contributed by atoms with Crippen LogP contribution in [0.1, 0.15) is 26.3 Å². The van der Waals surface area contributed by atoms with E-state index in [1.54, 1.807) is 6.07 Å². The van der Waals surface area contributed by atoms with E-state index >= 15 is 0 Å². The lowest BCUT2D eigenvalue weighted by atomic mass is 10.0. The van der Waals surface area contributed by atoms with Gasteiger partial charge in [0.2, 0.25) is 0 Å². The van der Waals surface area contributed by atoms with Gasteiger partial charge in [-0.1, -0.05) is 36.7 Å². The molecule has 0 spiro atoms. The Balaban J connectivity index is 2.52. The van der Waals surface area contributed by atoms with Gasteiger partial charge in [0.25, 0.3) is 0 Å². The van der Waals surface area contributed by atoms with Crippen molar-refractivity contribution in [3.05, 3.63) is 34.1 Å². The van der Waals surface area contributed by atoms with Crippen LogP contribution in [-0.4, -0.2) is 12.6 Å². The Kier molecular flexibility index (Phi) is 5.42. The molecule has 0 amide bonds. The second-order valence-electron chi connectivity index (χ2n) is 4.65. The number of rotatable bonds is 5. The van der Waals surface area contributed by atoms with Gasteiger partial charge in [-0.25, -0.2) is 4.39 Å². The minimum atomic E-state index is -0.173. The first-order valence-corrected chi connectivity index (χ1v) is 6.45. The van der Waals surface area contributed by atoms with Crippen LogP contribution in [0.15, 0.2) is 22.7 Å². The normalized spacial score (nSPS) is 13.1. The van der Waals surface area contributed by atoms with Crippen LogP contribution in [0, 0.1) is 11.7 Å². The SMILES string of the molecule is CC(CNC(C)C)Cc1cc(F)cc(Br)c1. The molecular weight excluding hydrogens is 269 g/mol. The molecule has 0 radical (unpaired) electrons. The van der Waals surface area contributed by atoms with Gasteiger partial charge in [-0.3, -0.25) is 0 Å². The summed E-state index contributed by atoms with van der Waals surface area (Å²) in [4.78, 5) is 0. The molecule has 0 fully saturated rings. The topological polar surface area (TPSA) is 12.0 Å². The molecule has 16 heavy (non-hydrogen) atoms. The highest BCUT2D eigenvalue weighted by molar-refractivity contribution is 9.10. The van der Waals surface area contributed by atoms with Crippen LogP contribution in [0.3, 0.4) is 0 Å². The van der Waals surface area contributed by atoms with Crippen molar-refractivity contribution in [3.8, 4) is 0 Å². The van der Waals surface area contributed by atoms with E-state index in [1.807, 2.05) is 6.07 Å². The molecule has 0 bridgehead atoms. The number of halogens is 2. The summed E-state index contributed by atoms with van der Waals surface area (Å²) in [6, 6.07) is 5.58. The number of hydrogen-bond acceptors (Lipinski definition) is 1. The molecule has 3 heteroatoms. The van der Waals surface area contributed by atoms with Crippen LogP contribution in [0.4, 0.5) is 4.39 Å². The molecule has 0 aliphatic carbocycles. The third-order valence-electron chi connectivity index (χ3n) is 2.38. The lowest BCUT2D eigenvalue weighted by molar-refractivity contribution is 0.475. The summed E-state index contributed by atoms with van der Waals surface area (Å²) in [5.74, 6) is 0.337. The average Bonchev–Trinajstić information content (AvgIpc) is 2.12. The van der Waals surface area contributed by atoms with Crippen molar-refractivity contribution >= 4 is 15.9 Å². The number of nitrogens with one attached hydrogen (secondary N) is 1. The summed E-state index contributed by atoms with van der Waals surface area (Å²) < 4.78 is 14.0. The molecule has 0 aliphatic heterocycles. The molecule has 1 aromatic rings. The van der Waals surface area contributed by atoms with E-state index in [0.717, 1.165) is 23.0 Å². The monoisotopic (exact) mass is 287 g/mol. The largest absolute Gasteiger partial charge is 0.314 e. The van der Waals surface area contributed by atoms with E-state index in [4.69, 9.17) is 0 Å². The van der Waals surface area contributed by atoms with Crippen molar-refractivity contribution in [2.75, 3.05) is 6.54 Å². The fourth-order valence-corrected chi connectivity index (χ4v) is 2.15. The van der Waals surface area contributed by atoms with Gasteiger partial charge >= 0.3 is 0 Å². The van der Waals surface area contributed by atoms with Gasteiger partial charge in [-0.05, 0) is 42.6 Å². The lowest BCUT2D eigenvalue weighted by Crippen LogP contribution is -2.28. The molecule has 1 atom stereocenters. The molecule has 90 valence electrons. The van der Waals surface area contributed by atoms with E-state index in [9.17, 15) is 4.39 Å². The molecule has 0 heterocycles. The molecule has 0 aliphatic rings. The third kappa shape index (κ3) is 5.08. The Morgan fingerprint density at radius 2 is 1.94 bits per heavy atom. The molecule has 0 aromatic heterocycles. The maximum atomic E-state index is 13.1. The minimum Gasteiger partial charge on any atom is -0.314 e. The first-order chi connectivity index (χ1) is 7.47. The van der Waals surface area contributed by atoms with Crippen LogP contribution in [0.2, 0.25) is 0 Å². The van der Waals surface area contributed by atoms with Crippen molar-refractivity contribution in [2.45, 2.75) is 33.2 Å². The van der Waals surface area contributed by atoms with Crippen LogP contribution in [0.5, 0.6) is 0 Å². The summed E-state index contributed by atoms with van der Waals surface area (Å²) >= 11 is 3.31. The van der Waals surface area contributed by atoms with E-state index in [0.29, 0.717) is 12.0 Å². The fraction of sp³-hybridized carbons (Fsp3) is 0.538. The second kappa shape index (κ2) is 6.36. The zero-order chi connectivity index (χ0) is 12.1. The molecule has 1 N–H and O–H groups in total. The first kappa shape index (κ1) is 13.7. The van der Waals surface area contributed by atoms with Gasteiger partial charge in [-0.15, -0.1) is 0 Å². The van der Waals surface area contributed by atoms with E-state index in [1.165, 1.54) is 6.07 Å². The van der Waals surface area contributed by atoms with Crippen molar-refractivity contribution in [2.24, 2.45) is 5.92 Å². The minimum absolute atomic E-state index is 0.173. The lowest BCUT2D eigenvalue weighted by Gasteiger charge is -2.15. The van der Waals surface area contributed by atoms with Gasteiger partial charge in [-0.2, -0.15) is 0 Å². The Morgan fingerprint density at radius 3 is 2.50 bits per heavy atom. The van der Waals surface area contributed by atoms with Crippen molar-refractivity contribution in [1.82, 2.24) is 5.32 Å². The maximum absolute atomic E-state index is 13.1. The van der Waals surface area contributed by atoms with Gasteiger partial charge in [0.15, 0.2) is 0 Å². The molecular formula is C13H19BrFN. The smallest absolute Gasteiger partial charge is 0.124 e. The molecule has 1 aromatic carbocycles. The summed E-state index contributed by atoms with van der Waals surface area (Å²) in [5, 5.41) is 3.39. The van der Waals surface area contributed by atoms with Crippen molar-refractivity contribution in [1.29, 1.82) is 0 Å². The molecule has 1 unspecified atom stereocenters. The van der Waals surface area contributed by atoms with E-state index < -0.39 is 0 Å². The highest BCUT2D eigenvalue weighted by atomic mass is 79.9. The Morgan fingerprint density at radius 1 is 1.25 bits per heavy atom. The summed E-state index contributed by atoms with van der Waals surface area (Å²) in [6.07, 6.45) is 0.899. The van der Waals surface area contributed by atoms with Crippen LogP contribution >= 0.6 is 15.9 Å². The van der Waals surface area contributed by atoms with Crippen LogP contribution < -0.4 is 5.32 Å². The number of hydrogen-bond donors (Lipinski definition) is 1. The summed E-state index contributed by atoms with van der Waals surface area (Å²) in [5.41, 5.74) is 1.05. The standard InChI is InChI=1S/C13H19BrFN/c1-9(2)16-8-10(3)4-11-5-12(14)7-13(15)6-11/h5-7,9-10,16H,4,8H2,1-3H3. The van der Waals surface area contributed by atoms with Gasteiger partial charge in [0, 0.05) is 10.5 Å². The van der Waals surface area contributed by atoms with Crippen LogP contribution in [0.25, 0.3) is 0 Å². The molecule has 0 saturated heterocycles. The highest BCUT2D eigenvalue weighted by Crippen LogP contribution is 2.17. The molecule has 1 nitrogen and oxygen atoms in total. The van der Waals surface area contributed by atoms with Crippen LogP contribution in [-0.2, 0) is 6.42 Å². The summed E-state index contributed by atoms with van der Waals surface area (Å²) in [6.45, 7) is 7.40. The predicted octanol–water partition coefficient (Wildman–Crippen LogP) is 3.76. The van der Waals surface area contributed by atoms with E-state index in [2.05, 4.69) is 42.0 Å². The Bertz CT molecular complexity index is 318. The van der Waals surface area contributed by atoms with Crippen molar-refractivity contribution in [3.63, 3.8) is 0 Å². The first-order valence-electron chi connectivity index (χ1n) is 5.65. The second-order valence-corrected chi connectivity index (χ2v) is 5.57. The quantitative estimate of drug-likeness (QED) is 0.869. The van der Waals surface area contributed by atoms with E-state index in [-0.39, 0.29) is 5.82 Å². The number of benzene rings is 1. The Labute approximate surface area is 106 Å². The highest BCUT2D eigenvalue weighted by Gasteiger charge is 2.06. The predicted molar refractivity (Wildman–Crippen MR) is 70.1 cm³/mol. The van der Waals surface area contributed by atoms with Gasteiger partial charge < -0.3 is 5.32 Å². The van der Waals surface area contributed by atoms with Crippen molar-refractivity contribution < 1.29 is 4.39 Å². The molecule has 1 rings (SSSR count).